The number of rotatable bonds is 4. The van der Waals surface area contributed by atoms with Crippen LogP contribution in [0.15, 0.2) is 120 Å². The van der Waals surface area contributed by atoms with Gasteiger partial charge in [0.25, 0.3) is 0 Å². The van der Waals surface area contributed by atoms with Crippen molar-refractivity contribution in [1.29, 1.82) is 0 Å². The summed E-state index contributed by atoms with van der Waals surface area (Å²) in [6.45, 7) is 0. The Morgan fingerprint density at radius 1 is 0.435 bits per heavy atom. The minimum absolute atomic E-state index is 0. The van der Waals surface area contributed by atoms with E-state index in [-0.39, 0.29) is 23.2 Å². The zero-order chi connectivity index (χ0) is 32.7. The smallest absolute Gasteiger partial charge is 0.260 e. The fourth-order valence-corrected chi connectivity index (χ4v) is 3.47. The predicted octanol–water partition coefficient (Wildman–Crippen LogP) is -4.01. The van der Waals surface area contributed by atoms with Gasteiger partial charge in [-0.2, -0.15) is 0 Å². The van der Waals surface area contributed by atoms with Crippen LogP contribution >= 0.6 is 0 Å². The van der Waals surface area contributed by atoms with Gasteiger partial charge in [0.15, 0.2) is 6.17 Å². The van der Waals surface area contributed by atoms with E-state index in [4.69, 9.17) is 42.3 Å². The van der Waals surface area contributed by atoms with Crippen LogP contribution in [0.1, 0.15) is 11.7 Å². The van der Waals surface area contributed by atoms with E-state index in [1.165, 1.54) is 0 Å². The predicted molar refractivity (Wildman–Crippen MR) is 138 cm³/mol. The molecule has 0 aliphatic carbocycles. The number of aromatic nitrogens is 5. The molecule has 1 aliphatic rings. The molecule has 0 aromatic carbocycles. The summed E-state index contributed by atoms with van der Waals surface area (Å²) >= 11 is 0. The normalized spacial score (nSPS) is 11.9. The Labute approximate surface area is 277 Å². The van der Waals surface area contributed by atoms with E-state index in [9.17, 15) is 0 Å². The van der Waals surface area contributed by atoms with E-state index in [0.29, 0.717) is 0 Å². The van der Waals surface area contributed by atoms with Crippen LogP contribution in [0.2, 0.25) is 0 Å². The number of aliphatic imine (C=N–C) groups is 2. The van der Waals surface area contributed by atoms with Crippen molar-refractivity contribution in [2.75, 3.05) is 0 Å². The Morgan fingerprint density at radius 2 is 0.717 bits per heavy atom. The van der Waals surface area contributed by atoms with Gasteiger partial charge in [0.2, 0.25) is 0 Å². The third-order valence-electron chi connectivity index (χ3n) is 5.11. The summed E-state index contributed by atoms with van der Waals surface area (Å²) in [6.07, 6.45) is 10.3. The molecule has 0 amide bonds. The zero-order valence-electron chi connectivity index (χ0n) is 23.1. The molecule has 6 rings (SSSR count). The molecule has 0 unspecified atom stereocenters. The van der Waals surface area contributed by atoms with Crippen molar-refractivity contribution in [3.8, 4) is 34.2 Å². The Bertz CT molecular complexity index is 1520. The maximum atomic E-state index is 8.49. The molecular weight excluding hydrogens is 697 g/mol. The van der Waals surface area contributed by atoms with Crippen LogP contribution in [0.5, 0.6) is 0 Å². The number of halogens is 2. The summed E-state index contributed by atoms with van der Waals surface area (Å²) < 4.78 is 67.9. The second kappa shape index (κ2) is 18.7. The molecule has 0 saturated carbocycles. The van der Waals surface area contributed by atoms with Gasteiger partial charge in [-0.25, -0.2) is 42.3 Å². The number of nitrogens with zero attached hydrogens (tertiary/aromatic N) is 7. The molecular formula is C28H21Cl2CuN7O8. The Kier molecular flexibility index (Phi) is 15.5. The maximum absolute atomic E-state index is 8.49. The van der Waals surface area contributed by atoms with Crippen LogP contribution in [0.25, 0.3) is 34.2 Å². The van der Waals surface area contributed by atoms with Crippen LogP contribution in [-0.4, -0.2) is 37.3 Å². The first-order valence-electron chi connectivity index (χ1n) is 12.3. The van der Waals surface area contributed by atoms with Crippen molar-refractivity contribution in [2.45, 2.75) is 6.17 Å². The maximum Gasteiger partial charge on any atom is 2.00 e. The van der Waals surface area contributed by atoms with Gasteiger partial charge in [-0.3, -0.25) is 29.9 Å². The van der Waals surface area contributed by atoms with E-state index in [1.54, 1.807) is 37.2 Å². The fourth-order valence-electron chi connectivity index (χ4n) is 3.47. The van der Waals surface area contributed by atoms with Gasteiger partial charge in [0.1, 0.15) is 0 Å². The fraction of sp³-hybridized carbons (Fsp3) is 0.0357. The van der Waals surface area contributed by atoms with Gasteiger partial charge in [0.05, 0.1) is 34.2 Å². The third-order valence-corrected chi connectivity index (χ3v) is 5.11. The number of hydrogen-bond donors (Lipinski definition) is 0. The first kappa shape index (κ1) is 38.1. The minimum Gasteiger partial charge on any atom is -0.260 e. The van der Waals surface area contributed by atoms with Crippen molar-refractivity contribution in [2.24, 2.45) is 9.98 Å². The molecule has 0 saturated heterocycles. The monoisotopic (exact) mass is 716 g/mol. The Hall–Kier alpha value is -4.13. The minimum atomic E-state index is -4.94. The molecule has 18 heteroatoms. The summed E-state index contributed by atoms with van der Waals surface area (Å²) in [4.78, 5) is 30.6. The van der Waals surface area contributed by atoms with Crippen LogP contribution in [-0.2, 0) is 17.1 Å². The summed E-state index contributed by atoms with van der Waals surface area (Å²) in [7, 11) is -9.89. The van der Waals surface area contributed by atoms with Crippen LogP contribution in [0.3, 0.4) is 0 Å². The molecule has 0 fully saturated rings. The summed E-state index contributed by atoms with van der Waals surface area (Å²) in [5, 5.41) is 0. The van der Waals surface area contributed by atoms with E-state index in [0.717, 1.165) is 39.7 Å². The van der Waals surface area contributed by atoms with Crippen molar-refractivity contribution in [1.82, 2.24) is 24.9 Å². The van der Waals surface area contributed by atoms with Gasteiger partial charge in [-0.15, -0.1) is 20.5 Å². The van der Waals surface area contributed by atoms with E-state index in [1.807, 2.05) is 84.9 Å². The summed E-state index contributed by atoms with van der Waals surface area (Å²) in [6, 6.07) is 27.1. The molecule has 0 bridgehead atoms. The summed E-state index contributed by atoms with van der Waals surface area (Å²) in [5.41, 5.74) is 6.03. The van der Waals surface area contributed by atoms with Crippen LogP contribution < -0.4 is 37.3 Å². The molecule has 0 N–H and O–H groups in total. The van der Waals surface area contributed by atoms with Crippen molar-refractivity contribution < 1.29 is 74.8 Å². The second-order valence-corrected chi connectivity index (χ2v) is 9.77. The first-order chi connectivity index (χ1) is 21.4. The van der Waals surface area contributed by atoms with E-state index in [2.05, 4.69) is 29.9 Å². The first-order valence-corrected chi connectivity index (χ1v) is 14.8. The molecule has 0 spiro atoms. The average molecular weight is 718 g/mol. The van der Waals surface area contributed by atoms with Gasteiger partial charge in [-0.05, 0) is 60.7 Å². The molecule has 1 aliphatic heterocycles. The van der Waals surface area contributed by atoms with E-state index >= 15 is 0 Å². The molecule has 5 aromatic heterocycles. The molecule has 15 nitrogen and oxygen atoms in total. The van der Waals surface area contributed by atoms with Crippen molar-refractivity contribution in [3.05, 3.63) is 115 Å². The standard InChI is InChI=1S/C18H13N5.C10H8N2.2ClHO4.Cu/c1-3-7-19-14(5-1)16-11-13(18-21-9-10-22-18)12-17(23-16)15-6-2-4-8-20-15;1-3-7-11-9(5-1)10-6-2-4-8-12-10;2*2-1(3,4)5;/h1-12,18H;1-8H;2*(H,2,3,4,5);/q;;;;+2/p-2. The second-order valence-electron chi connectivity index (χ2n) is 8.26. The molecule has 1 radical (unpaired) electrons. The molecule has 5 aromatic rings. The topological polar surface area (TPSA) is 274 Å². The third kappa shape index (κ3) is 15.2. The van der Waals surface area contributed by atoms with Crippen LogP contribution in [0.4, 0.5) is 0 Å². The number of hydrogen-bond acceptors (Lipinski definition) is 15. The number of pyridine rings is 5. The zero-order valence-corrected chi connectivity index (χ0v) is 25.5. The Balaban J connectivity index is 0.000000268. The SMILES string of the molecule is C1=NC(c2cc(-c3ccccn3)nc(-c3ccccn3)c2)N=C1.[Cu+2].[O-][Cl+3]([O-])([O-])[O-].[O-][Cl+3]([O-])([O-])[O-].c1ccc(-c2ccccn2)nc1. The van der Waals surface area contributed by atoms with Gasteiger partial charge in [-0.1, -0.05) is 24.3 Å². The van der Waals surface area contributed by atoms with Gasteiger partial charge < -0.3 is 0 Å². The van der Waals surface area contributed by atoms with E-state index < -0.39 is 20.5 Å². The molecule has 46 heavy (non-hydrogen) atoms. The van der Waals surface area contributed by atoms with Crippen molar-refractivity contribution in [3.63, 3.8) is 0 Å². The molecule has 6 heterocycles. The average Bonchev–Trinajstić information content (AvgIpc) is 3.57. The van der Waals surface area contributed by atoms with Gasteiger partial charge in [0, 0.05) is 42.8 Å². The van der Waals surface area contributed by atoms with Crippen molar-refractivity contribution >= 4 is 12.4 Å². The summed E-state index contributed by atoms with van der Waals surface area (Å²) in [5.74, 6) is 0. The van der Waals surface area contributed by atoms with Gasteiger partial charge >= 0.3 is 17.1 Å². The van der Waals surface area contributed by atoms with Crippen LogP contribution in [0, 0.1) is 20.5 Å². The molecule has 0 atom stereocenters. The quantitative estimate of drug-likeness (QED) is 0.161. The Morgan fingerprint density at radius 3 is 0.978 bits per heavy atom. The largest absolute Gasteiger partial charge is 2.00 e. The molecule has 241 valence electrons.